The van der Waals surface area contributed by atoms with Crippen LogP contribution in [0.3, 0.4) is 0 Å². The van der Waals surface area contributed by atoms with Crippen molar-refractivity contribution in [3.63, 3.8) is 0 Å². The predicted molar refractivity (Wildman–Crippen MR) is 118 cm³/mol. The van der Waals surface area contributed by atoms with Crippen LogP contribution in [-0.2, 0) is 4.79 Å². The molecule has 2 aromatic carbocycles. The van der Waals surface area contributed by atoms with Crippen LogP contribution in [0.2, 0.25) is 0 Å². The second kappa shape index (κ2) is 9.23. The van der Waals surface area contributed by atoms with Gasteiger partial charge in [0.05, 0.1) is 18.0 Å². The molecule has 0 saturated heterocycles. The van der Waals surface area contributed by atoms with Crippen LogP contribution in [0.1, 0.15) is 6.92 Å². The van der Waals surface area contributed by atoms with Crippen LogP contribution in [0, 0.1) is 0 Å². The van der Waals surface area contributed by atoms with E-state index in [1.54, 1.807) is 25.3 Å². The van der Waals surface area contributed by atoms with Gasteiger partial charge in [0.1, 0.15) is 19.0 Å². The molecule has 2 heterocycles. The van der Waals surface area contributed by atoms with E-state index < -0.39 is 0 Å². The second-order valence-corrected chi connectivity index (χ2v) is 8.87. The van der Waals surface area contributed by atoms with Crippen LogP contribution in [0.4, 0.5) is 16.5 Å². The SMILES string of the molecule is COc1ccccc1Nc1nnc(S[C@H](C)C(=O)Nc2ccc3c(c2)OCCO3)s1. The molecule has 0 unspecified atom stereocenters. The van der Waals surface area contributed by atoms with E-state index in [1.165, 1.54) is 23.1 Å². The van der Waals surface area contributed by atoms with Crippen LogP contribution >= 0.6 is 23.1 Å². The normalized spacial score (nSPS) is 13.4. The number of hydrogen-bond donors (Lipinski definition) is 2. The molecule has 1 aliphatic heterocycles. The van der Waals surface area contributed by atoms with Gasteiger partial charge in [0.15, 0.2) is 15.8 Å². The van der Waals surface area contributed by atoms with E-state index >= 15 is 0 Å². The van der Waals surface area contributed by atoms with Gasteiger partial charge in [-0.05, 0) is 31.2 Å². The second-order valence-electron chi connectivity index (χ2n) is 6.31. The lowest BCUT2D eigenvalue weighted by Crippen LogP contribution is -2.22. The minimum absolute atomic E-state index is 0.133. The number of rotatable bonds is 7. The Kier molecular flexibility index (Phi) is 6.24. The van der Waals surface area contributed by atoms with Gasteiger partial charge in [0.2, 0.25) is 11.0 Å². The third kappa shape index (κ3) is 4.77. The maximum absolute atomic E-state index is 12.6. The number of benzene rings is 2. The number of amides is 1. The summed E-state index contributed by atoms with van der Waals surface area (Å²) in [5, 5.41) is 14.7. The van der Waals surface area contributed by atoms with E-state index in [0.717, 1.165) is 5.69 Å². The molecule has 1 aromatic heterocycles. The smallest absolute Gasteiger partial charge is 0.237 e. The Hall–Kier alpha value is -2.98. The van der Waals surface area contributed by atoms with Crippen LogP contribution in [0.5, 0.6) is 17.2 Å². The highest BCUT2D eigenvalue weighted by Crippen LogP contribution is 2.35. The molecule has 0 spiro atoms. The molecule has 30 heavy (non-hydrogen) atoms. The lowest BCUT2D eigenvalue weighted by Gasteiger charge is -2.19. The average Bonchev–Trinajstić information content (AvgIpc) is 3.20. The molecule has 156 valence electrons. The number of carbonyl (C=O) groups excluding carboxylic acids is 1. The third-order valence-electron chi connectivity index (χ3n) is 4.21. The Labute approximate surface area is 182 Å². The van der Waals surface area contributed by atoms with E-state index in [4.69, 9.17) is 14.2 Å². The molecule has 4 rings (SSSR count). The van der Waals surface area contributed by atoms with E-state index in [1.807, 2.05) is 31.2 Å². The Morgan fingerprint density at radius 2 is 1.97 bits per heavy atom. The van der Waals surface area contributed by atoms with Crippen LogP contribution in [-0.4, -0.2) is 41.7 Å². The summed E-state index contributed by atoms with van der Waals surface area (Å²) in [6.07, 6.45) is 0. The van der Waals surface area contributed by atoms with Crippen molar-refractivity contribution in [1.82, 2.24) is 10.2 Å². The molecule has 1 amide bonds. The van der Waals surface area contributed by atoms with Gasteiger partial charge in [-0.2, -0.15) is 0 Å². The van der Waals surface area contributed by atoms with Crippen molar-refractivity contribution in [2.75, 3.05) is 31.0 Å². The summed E-state index contributed by atoms with van der Waals surface area (Å²) in [5.74, 6) is 1.90. The molecule has 0 fully saturated rings. The van der Waals surface area contributed by atoms with Gasteiger partial charge >= 0.3 is 0 Å². The number of ether oxygens (including phenoxy) is 3. The van der Waals surface area contributed by atoms with Crippen LogP contribution in [0.25, 0.3) is 0 Å². The molecular weight excluding hydrogens is 424 g/mol. The average molecular weight is 445 g/mol. The number of carbonyl (C=O) groups is 1. The summed E-state index contributed by atoms with van der Waals surface area (Å²) in [4.78, 5) is 12.6. The molecule has 8 nitrogen and oxygen atoms in total. The van der Waals surface area contributed by atoms with Gasteiger partial charge < -0.3 is 24.8 Å². The maximum atomic E-state index is 12.6. The number of thioether (sulfide) groups is 1. The van der Waals surface area contributed by atoms with Crippen molar-refractivity contribution in [2.24, 2.45) is 0 Å². The predicted octanol–water partition coefficient (Wildman–Crippen LogP) is 4.18. The summed E-state index contributed by atoms with van der Waals surface area (Å²) >= 11 is 2.72. The van der Waals surface area contributed by atoms with Gasteiger partial charge in [-0.3, -0.25) is 4.79 Å². The highest BCUT2D eigenvalue weighted by atomic mass is 32.2. The molecular formula is C20H20N4O4S2. The van der Waals surface area contributed by atoms with E-state index in [0.29, 0.717) is 45.6 Å². The topological polar surface area (TPSA) is 94.6 Å². The van der Waals surface area contributed by atoms with Crippen LogP contribution < -0.4 is 24.8 Å². The molecule has 0 radical (unpaired) electrons. The molecule has 0 aliphatic carbocycles. The van der Waals surface area contributed by atoms with Gasteiger partial charge in [0, 0.05) is 11.8 Å². The van der Waals surface area contributed by atoms with E-state index in [2.05, 4.69) is 20.8 Å². The van der Waals surface area contributed by atoms with Gasteiger partial charge in [-0.15, -0.1) is 10.2 Å². The standard InChI is InChI=1S/C20H20N4O4S2/c1-12(18(25)21-13-7-8-16-17(11-13)28-10-9-27-16)29-20-24-23-19(30-20)22-14-5-3-4-6-15(14)26-2/h3-8,11-12H,9-10H2,1-2H3,(H,21,25)(H,22,23)/t12-/m1/s1. The minimum atomic E-state index is -0.356. The molecule has 0 bridgehead atoms. The Bertz CT molecular complexity index is 1040. The first-order chi connectivity index (χ1) is 14.6. The summed E-state index contributed by atoms with van der Waals surface area (Å²) < 4.78 is 17.1. The Balaban J connectivity index is 1.36. The zero-order valence-electron chi connectivity index (χ0n) is 16.4. The quantitative estimate of drug-likeness (QED) is 0.524. The fourth-order valence-corrected chi connectivity index (χ4v) is 4.65. The first-order valence-corrected chi connectivity index (χ1v) is 10.9. The summed E-state index contributed by atoms with van der Waals surface area (Å²) in [6, 6.07) is 12.9. The monoisotopic (exact) mass is 444 g/mol. The van der Waals surface area contributed by atoms with Crippen molar-refractivity contribution < 1.29 is 19.0 Å². The lowest BCUT2D eigenvalue weighted by molar-refractivity contribution is -0.115. The molecule has 2 N–H and O–H groups in total. The Morgan fingerprint density at radius 3 is 2.80 bits per heavy atom. The zero-order chi connectivity index (χ0) is 20.9. The van der Waals surface area contributed by atoms with Gasteiger partial charge in [-0.1, -0.05) is 35.2 Å². The largest absolute Gasteiger partial charge is 0.495 e. The van der Waals surface area contributed by atoms with Crippen molar-refractivity contribution in [2.45, 2.75) is 16.5 Å². The molecule has 1 atom stereocenters. The van der Waals surface area contributed by atoms with Crippen molar-refractivity contribution in [3.8, 4) is 17.2 Å². The van der Waals surface area contributed by atoms with Crippen molar-refractivity contribution in [1.29, 1.82) is 0 Å². The number of hydrogen-bond acceptors (Lipinski definition) is 9. The number of aromatic nitrogens is 2. The number of para-hydroxylation sites is 2. The maximum Gasteiger partial charge on any atom is 0.237 e. The zero-order valence-corrected chi connectivity index (χ0v) is 18.0. The van der Waals surface area contributed by atoms with Gasteiger partial charge in [-0.25, -0.2) is 0 Å². The summed E-state index contributed by atoms with van der Waals surface area (Å²) in [7, 11) is 1.61. The molecule has 1 aliphatic rings. The van der Waals surface area contributed by atoms with Crippen LogP contribution in [0.15, 0.2) is 46.8 Å². The number of anilines is 3. The molecule has 10 heteroatoms. The van der Waals surface area contributed by atoms with Gasteiger partial charge in [0.25, 0.3) is 0 Å². The molecule has 3 aromatic rings. The van der Waals surface area contributed by atoms with Crippen molar-refractivity contribution in [3.05, 3.63) is 42.5 Å². The summed E-state index contributed by atoms with van der Waals surface area (Å²) in [6.45, 7) is 2.85. The van der Waals surface area contributed by atoms with Crippen molar-refractivity contribution >= 4 is 45.5 Å². The fraction of sp³-hybridized carbons (Fsp3) is 0.250. The summed E-state index contributed by atoms with van der Waals surface area (Å²) in [5.41, 5.74) is 1.46. The number of methoxy groups -OCH3 is 1. The molecule has 0 saturated carbocycles. The highest BCUT2D eigenvalue weighted by Gasteiger charge is 2.19. The first-order valence-electron chi connectivity index (χ1n) is 9.23. The fourth-order valence-electron chi connectivity index (χ4n) is 2.74. The number of nitrogens with one attached hydrogen (secondary N) is 2. The van der Waals surface area contributed by atoms with E-state index in [-0.39, 0.29) is 11.2 Å². The Morgan fingerprint density at radius 1 is 1.17 bits per heavy atom. The third-order valence-corrected chi connectivity index (χ3v) is 6.23. The lowest BCUT2D eigenvalue weighted by atomic mass is 10.2. The first kappa shape index (κ1) is 20.3. The van der Waals surface area contributed by atoms with E-state index in [9.17, 15) is 4.79 Å². The highest BCUT2D eigenvalue weighted by molar-refractivity contribution is 8.02. The minimum Gasteiger partial charge on any atom is -0.495 e. The number of nitrogens with zero attached hydrogens (tertiary/aromatic N) is 2. The number of fused-ring (bicyclic) bond motifs is 1.